The van der Waals surface area contributed by atoms with E-state index in [1.807, 2.05) is 0 Å². The van der Waals surface area contributed by atoms with Gasteiger partial charge in [-0.05, 0) is 26.2 Å². The van der Waals surface area contributed by atoms with Crippen molar-refractivity contribution in [3.8, 4) is 0 Å². The van der Waals surface area contributed by atoms with Gasteiger partial charge in [0.1, 0.15) is 0 Å². The molecule has 0 atom stereocenters. The van der Waals surface area contributed by atoms with Crippen molar-refractivity contribution >= 4 is 23.0 Å². The highest BCUT2D eigenvalue weighted by atomic mass is 79.9. The third-order valence-corrected chi connectivity index (χ3v) is 2.06. The lowest BCUT2D eigenvalue weighted by molar-refractivity contribution is 0.546. The Labute approximate surface area is 78.0 Å². The Morgan fingerprint density at radius 3 is 2.45 bits per heavy atom. The van der Waals surface area contributed by atoms with E-state index in [0.29, 0.717) is 0 Å². The van der Waals surface area contributed by atoms with E-state index in [0.717, 1.165) is 18.3 Å². The normalized spacial score (nSPS) is 10.1. The maximum atomic E-state index is 8.84. The minimum Gasteiger partial charge on any atom is -0.437 e. The van der Waals surface area contributed by atoms with Gasteiger partial charge in [-0.25, -0.2) is 0 Å². The molecule has 66 valence electrons. The Kier molecular flexibility index (Phi) is 8.92. The molecule has 0 aliphatic rings. The Morgan fingerprint density at radius 1 is 1.27 bits per heavy atom. The number of hydrogen-bond acceptors (Lipinski definition) is 2. The molecule has 11 heavy (non-hydrogen) atoms. The van der Waals surface area contributed by atoms with Gasteiger partial charge in [0.25, 0.3) is 0 Å². The van der Waals surface area contributed by atoms with Crippen LogP contribution >= 0.6 is 15.9 Å². The minimum atomic E-state index is -0.355. The van der Waals surface area contributed by atoms with Crippen LogP contribution in [0.2, 0.25) is 6.82 Å². The zero-order valence-corrected chi connectivity index (χ0v) is 8.73. The van der Waals surface area contributed by atoms with Crippen LogP contribution in [0.25, 0.3) is 0 Å². The zero-order chi connectivity index (χ0) is 8.53. The Morgan fingerprint density at radius 2 is 1.91 bits per heavy atom. The molecule has 0 aromatic rings. The van der Waals surface area contributed by atoms with Gasteiger partial charge >= 0.3 is 7.05 Å². The molecule has 0 aromatic carbocycles. The predicted molar refractivity (Wildman–Crippen MR) is 54.1 cm³/mol. The van der Waals surface area contributed by atoms with Crippen LogP contribution in [0.15, 0.2) is 0 Å². The maximum absolute atomic E-state index is 8.84. The van der Waals surface area contributed by atoms with Crippen molar-refractivity contribution in [2.45, 2.75) is 32.5 Å². The average molecular weight is 222 g/mol. The summed E-state index contributed by atoms with van der Waals surface area (Å²) in [5.41, 5.74) is 0. The largest absolute Gasteiger partial charge is 0.437 e. The molecular weight excluding hydrogens is 205 g/mol. The molecule has 0 radical (unpaired) electrons. The quantitative estimate of drug-likeness (QED) is 0.389. The molecule has 2 N–H and O–H groups in total. The van der Waals surface area contributed by atoms with Gasteiger partial charge in [-0.3, -0.25) is 0 Å². The van der Waals surface area contributed by atoms with Gasteiger partial charge in [-0.2, -0.15) is 0 Å². The first-order chi connectivity index (χ1) is 5.27. The molecule has 0 saturated carbocycles. The van der Waals surface area contributed by atoms with Crippen molar-refractivity contribution < 1.29 is 5.02 Å². The number of unbranched alkanes of at least 4 members (excludes halogenated alkanes) is 3. The standard InChI is InChI=1S/C7H17BBrNO/c1-8(11)10-7-5-3-2-4-6-9/h10-11H,2-7H2,1H3. The van der Waals surface area contributed by atoms with Crippen LogP contribution in [-0.2, 0) is 0 Å². The van der Waals surface area contributed by atoms with Gasteiger partial charge in [-0.15, -0.1) is 0 Å². The lowest BCUT2D eigenvalue weighted by atomic mass is 9.89. The Hall–Kier alpha value is 0.465. The average Bonchev–Trinajstić information content (AvgIpc) is 1.96. The fourth-order valence-corrected chi connectivity index (χ4v) is 1.28. The summed E-state index contributed by atoms with van der Waals surface area (Å²) >= 11 is 3.39. The second-order valence-electron chi connectivity index (χ2n) is 2.73. The van der Waals surface area contributed by atoms with Crippen LogP contribution in [0.3, 0.4) is 0 Å². The second kappa shape index (κ2) is 8.56. The molecule has 0 saturated heterocycles. The third kappa shape index (κ3) is 10.5. The predicted octanol–water partition coefficient (Wildman–Crippen LogP) is 1.64. The van der Waals surface area contributed by atoms with Gasteiger partial charge in [0, 0.05) is 5.33 Å². The SMILES string of the molecule is CB(O)NCCCCCCBr. The molecule has 0 rings (SSSR count). The van der Waals surface area contributed by atoms with E-state index < -0.39 is 0 Å². The summed E-state index contributed by atoms with van der Waals surface area (Å²) in [6.45, 7) is 2.68. The highest BCUT2D eigenvalue weighted by Gasteiger charge is 1.98. The fourth-order valence-electron chi connectivity index (χ4n) is 0.884. The fraction of sp³-hybridized carbons (Fsp3) is 1.00. The first-order valence-electron chi connectivity index (χ1n) is 4.25. The summed E-state index contributed by atoms with van der Waals surface area (Å²) in [5, 5.41) is 12.9. The number of alkyl halides is 1. The molecule has 0 heterocycles. The van der Waals surface area contributed by atoms with Crippen LogP contribution in [0, 0.1) is 0 Å². The van der Waals surface area contributed by atoms with Gasteiger partial charge in [0.2, 0.25) is 0 Å². The topological polar surface area (TPSA) is 32.3 Å². The first-order valence-corrected chi connectivity index (χ1v) is 5.37. The highest BCUT2D eigenvalue weighted by molar-refractivity contribution is 9.09. The van der Waals surface area contributed by atoms with E-state index in [9.17, 15) is 0 Å². The van der Waals surface area contributed by atoms with Crippen LogP contribution in [0.1, 0.15) is 25.7 Å². The molecule has 0 aromatic heterocycles. The molecule has 0 aliphatic carbocycles. The summed E-state index contributed by atoms with van der Waals surface area (Å²) in [6.07, 6.45) is 4.96. The van der Waals surface area contributed by atoms with E-state index in [-0.39, 0.29) is 7.05 Å². The number of hydrogen-bond donors (Lipinski definition) is 2. The van der Waals surface area contributed by atoms with Crippen molar-refractivity contribution in [3.05, 3.63) is 0 Å². The van der Waals surface area contributed by atoms with Gasteiger partial charge in [0.15, 0.2) is 0 Å². The molecule has 0 aliphatic heterocycles. The van der Waals surface area contributed by atoms with Crippen LogP contribution in [0.4, 0.5) is 0 Å². The van der Waals surface area contributed by atoms with E-state index in [4.69, 9.17) is 5.02 Å². The summed E-state index contributed by atoms with van der Waals surface area (Å²) in [4.78, 5) is 0. The van der Waals surface area contributed by atoms with Crippen molar-refractivity contribution in [2.24, 2.45) is 0 Å². The van der Waals surface area contributed by atoms with Gasteiger partial charge in [-0.1, -0.05) is 28.8 Å². The van der Waals surface area contributed by atoms with E-state index in [1.165, 1.54) is 19.3 Å². The molecule has 0 spiro atoms. The van der Waals surface area contributed by atoms with Crippen molar-refractivity contribution in [1.82, 2.24) is 5.23 Å². The summed E-state index contributed by atoms with van der Waals surface area (Å²) in [7, 11) is -0.355. The van der Waals surface area contributed by atoms with Crippen molar-refractivity contribution in [2.75, 3.05) is 11.9 Å². The molecule has 0 unspecified atom stereocenters. The zero-order valence-electron chi connectivity index (χ0n) is 7.15. The van der Waals surface area contributed by atoms with Crippen LogP contribution in [-0.4, -0.2) is 23.9 Å². The summed E-state index contributed by atoms with van der Waals surface area (Å²) in [5.74, 6) is 0. The molecule has 0 amide bonds. The Balaban J connectivity index is 2.80. The van der Waals surface area contributed by atoms with E-state index in [2.05, 4.69) is 21.2 Å². The van der Waals surface area contributed by atoms with Crippen LogP contribution < -0.4 is 5.23 Å². The van der Waals surface area contributed by atoms with Crippen molar-refractivity contribution in [3.63, 3.8) is 0 Å². The summed E-state index contributed by atoms with van der Waals surface area (Å²) in [6, 6.07) is 0. The van der Waals surface area contributed by atoms with E-state index in [1.54, 1.807) is 6.82 Å². The highest BCUT2D eigenvalue weighted by Crippen LogP contribution is 2.00. The van der Waals surface area contributed by atoms with Crippen LogP contribution in [0.5, 0.6) is 0 Å². The monoisotopic (exact) mass is 221 g/mol. The molecule has 0 bridgehead atoms. The molecule has 0 fully saturated rings. The first kappa shape index (κ1) is 11.5. The Bertz CT molecular complexity index is 82.8. The third-order valence-electron chi connectivity index (χ3n) is 1.50. The molecular formula is C7H17BBrNO. The molecule has 4 heteroatoms. The lowest BCUT2D eigenvalue weighted by Gasteiger charge is -2.02. The number of rotatable bonds is 7. The number of halogens is 1. The maximum Gasteiger partial charge on any atom is 0.373 e. The smallest absolute Gasteiger partial charge is 0.373 e. The lowest BCUT2D eigenvalue weighted by Crippen LogP contribution is -2.31. The molecule has 2 nitrogen and oxygen atoms in total. The number of nitrogens with one attached hydrogen (secondary N) is 1. The van der Waals surface area contributed by atoms with Crippen molar-refractivity contribution in [1.29, 1.82) is 0 Å². The minimum absolute atomic E-state index is 0.355. The van der Waals surface area contributed by atoms with Gasteiger partial charge in [0.05, 0.1) is 0 Å². The summed E-state index contributed by atoms with van der Waals surface area (Å²) < 4.78 is 0. The second-order valence-corrected chi connectivity index (χ2v) is 3.53. The van der Waals surface area contributed by atoms with Gasteiger partial charge < -0.3 is 10.3 Å². The van der Waals surface area contributed by atoms with E-state index >= 15 is 0 Å².